The molecule has 0 bridgehead atoms. The molecule has 0 saturated heterocycles. The van der Waals surface area contributed by atoms with E-state index in [0.717, 1.165) is 29.2 Å². The molecule has 4 nitrogen and oxygen atoms in total. The Hall–Kier alpha value is -2.10. The summed E-state index contributed by atoms with van der Waals surface area (Å²) in [5, 5.41) is 3.27. The maximum atomic E-state index is 5.65. The van der Waals surface area contributed by atoms with Gasteiger partial charge < -0.3 is 10.1 Å². The van der Waals surface area contributed by atoms with Crippen molar-refractivity contribution in [2.75, 3.05) is 11.9 Å². The summed E-state index contributed by atoms with van der Waals surface area (Å²) in [6.07, 6.45) is 5.45. The van der Waals surface area contributed by atoms with E-state index in [1.807, 2.05) is 32.0 Å². The van der Waals surface area contributed by atoms with Crippen LogP contribution in [0.5, 0.6) is 5.75 Å². The van der Waals surface area contributed by atoms with Gasteiger partial charge in [0.15, 0.2) is 0 Å². The fourth-order valence-corrected chi connectivity index (χ4v) is 1.80. The van der Waals surface area contributed by atoms with Crippen LogP contribution in [0.2, 0.25) is 0 Å². The minimum Gasteiger partial charge on any atom is -0.489 e. The lowest BCUT2D eigenvalue weighted by Crippen LogP contribution is -2.05. The van der Waals surface area contributed by atoms with Crippen LogP contribution < -0.4 is 10.1 Å². The van der Waals surface area contributed by atoms with E-state index in [9.17, 15) is 0 Å². The highest BCUT2D eigenvalue weighted by atomic mass is 16.5. The summed E-state index contributed by atoms with van der Waals surface area (Å²) in [5.74, 6) is 0.767. The van der Waals surface area contributed by atoms with E-state index in [-0.39, 0.29) is 6.10 Å². The second-order valence-electron chi connectivity index (χ2n) is 4.54. The molecule has 4 heteroatoms. The lowest BCUT2D eigenvalue weighted by molar-refractivity contribution is 0.241. The fourth-order valence-electron chi connectivity index (χ4n) is 1.80. The highest BCUT2D eigenvalue weighted by Crippen LogP contribution is 2.23. The van der Waals surface area contributed by atoms with Gasteiger partial charge in [-0.1, -0.05) is 0 Å². The van der Waals surface area contributed by atoms with E-state index in [4.69, 9.17) is 4.74 Å². The molecule has 0 fully saturated rings. The minimum atomic E-state index is 0.137. The van der Waals surface area contributed by atoms with Crippen LogP contribution in [0.1, 0.15) is 20.8 Å². The van der Waals surface area contributed by atoms with E-state index in [1.165, 1.54) is 0 Å². The molecular formula is C15H19N3O. The number of nitrogens with one attached hydrogen (secondary N) is 1. The van der Waals surface area contributed by atoms with Crippen LogP contribution in [0.4, 0.5) is 5.69 Å². The van der Waals surface area contributed by atoms with Gasteiger partial charge in [0.2, 0.25) is 0 Å². The van der Waals surface area contributed by atoms with Crippen LogP contribution in [0.15, 0.2) is 36.8 Å². The summed E-state index contributed by atoms with van der Waals surface area (Å²) in [5.41, 5.74) is 2.90. The fraction of sp³-hybridized carbons (Fsp3) is 0.333. The third-order valence-electron chi connectivity index (χ3n) is 2.52. The lowest BCUT2D eigenvalue weighted by atomic mass is 10.2. The molecule has 0 unspecified atom stereocenters. The number of anilines is 1. The lowest BCUT2D eigenvalue weighted by Gasteiger charge is -2.10. The molecular weight excluding hydrogens is 238 g/mol. The summed E-state index contributed by atoms with van der Waals surface area (Å²) in [6.45, 7) is 6.95. The first-order valence-corrected chi connectivity index (χ1v) is 6.51. The number of rotatable bonds is 5. The molecule has 2 aromatic heterocycles. The number of nitrogens with zero attached hydrogens (tertiary/aromatic N) is 2. The molecule has 0 amide bonds. The van der Waals surface area contributed by atoms with Crippen LogP contribution in [-0.2, 0) is 0 Å². The van der Waals surface area contributed by atoms with Crippen molar-refractivity contribution in [1.29, 1.82) is 0 Å². The van der Waals surface area contributed by atoms with Crippen LogP contribution in [-0.4, -0.2) is 22.6 Å². The number of ether oxygens (including phenoxy) is 1. The monoisotopic (exact) mass is 257 g/mol. The SMILES string of the molecule is CCNc1ccnc(-c2cncc(OC(C)C)c2)c1. The van der Waals surface area contributed by atoms with Crippen LogP contribution >= 0.6 is 0 Å². The van der Waals surface area contributed by atoms with Crippen molar-refractivity contribution in [3.05, 3.63) is 36.8 Å². The Morgan fingerprint density at radius 3 is 2.84 bits per heavy atom. The molecule has 0 spiro atoms. The zero-order valence-electron chi connectivity index (χ0n) is 11.6. The summed E-state index contributed by atoms with van der Waals surface area (Å²) in [4.78, 5) is 8.58. The predicted octanol–water partition coefficient (Wildman–Crippen LogP) is 3.36. The molecule has 2 rings (SSSR count). The van der Waals surface area contributed by atoms with E-state index >= 15 is 0 Å². The standard InChI is InChI=1S/C15H19N3O/c1-4-17-13-5-6-18-15(8-13)12-7-14(10-16-9-12)19-11(2)3/h5-11H,4H2,1-3H3,(H,17,18). The van der Waals surface area contributed by atoms with E-state index in [1.54, 1.807) is 18.6 Å². The van der Waals surface area contributed by atoms with Gasteiger partial charge in [0.05, 0.1) is 18.0 Å². The summed E-state index contributed by atoms with van der Waals surface area (Å²) in [6, 6.07) is 5.93. The first kappa shape index (κ1) is 13.3. The maximum absolute atomic E-state index is 5.65. The molecule has 0 saturated carbocycles. The smallest absolute Gasteiger partial charge is 0.138 e. The van der Waals surface area contributed by atoms with Gasteiger partial charge in [-0.25, -0.2) is 0 Å². The van der Waals surface area contributed by atoms with Crippen LogP contribution in [0.25, 0.3) is 11.3 Å². The Morgan fingerprint density at radius 2 is 2.11 bits per heavy atom. The number of hydrogen-bond donors (Lipinski definition) is 1. The summed E-state index contributed by atoms with van der Waals surface area (Å²) < 4.78 is 5.65. The summed E-state index contributed by atoms with van der Waals surface area (Å²) >= 11 is 0. The predicted molar refractivity (Wildman–Crippen MR) is 77.4 cm³/mol. The maximum Gasteiger partial charge on any atom is 0.138 e. The molecule has 2 heterocycles. The van der Waals surface area contributed by atoms with E-state index in [0.29, 0.717) is 0 Å². The van der Waals surface area contributed by atoms with Gasteiger partial charge in [-0.2, -0.15) is 0 Å². The molecule has 0 aliphatic carbocycles. The van der Waals surface area contributed by atoms with Crippen molar-refractivity contribution >= 4 is 5.69 Å². The third-order valence-corrected chi connectivity index (χ3v) is 2.52. The molecule has 0 aromatic carbocycles. The molecule has 19 heavy (non-hydrogen) atoms. The van der Waals surface area contributed by atoms with Gasteiger partial charge in [-0.05, 0) is 39.0 Å². The molecule has 2 aromatic rings. The van der Waals surface area contributed by atoms with E-state index < -0.39 is 0 Å². The Labute approximate surface area is 113 Å². The van der Waals surface area contributed by atoms with Crippen molar-refractivity contribution in [3.8, 4) is 17.0 Å². The molecule has 0 radical (unpaired) electrons. The second kappa shape index (κ2) is 6.18. The van der Waals surface area contributed by atoms with Crippen LogP contribution in [0.3, 0.4) is 0 Å². The van der Waals surface area contributed by atoms with Gasteiger partial charge in [0, 0.05) is 30.2 Å². The van der Waals surface area contributed by atoms with Crippen LogP contribution in [0, 0.1) is 0 Å². The first-order chi connectivity index (χ1) is 9.19. The molecule has 1 N–H and O–H groups in total. The Morgan fingerprint density at radius 1 is 1.26 bits per heavy atom. The van der Waals surface area contributed by atoms with Gasteiger partial charge in [-0.15, -0.1) is 0 Å². The zero-order valence-corrected chi connectivity index (χ0v) is 11.6. The van der Waals surface area contributed by atoms with Crippen molar-refractivity contribution in [2.45, 2.75) is 26.9 Å². The quantitative estimate of drug-likeness (QED) is 0.892. The van der Waals surface area contributed by atoms with Crippen molar-refractivity contribution < 1.29 is 4.74 Å². The Bertz CT molecular complexity index is 540. The average molecular weight is 257 g/mol. The largest absolute Gasteiger partial charge is 0.489 e. The van der Waals surface area contributed by atoms with Gasteiger partial charge in [-0.3, -0.25) is 9.97 Å². The molecule has 0 aliphatic heterocycles. The number of hydrogen-bond acceptors (Lipinski definition) is 4. The minimum absolute atomic E-state index is 0.137. The van der Waals surface area contributed by atoms with Gasteiger partial charge in [0.1, 0.15) is 5.75 Å². The third kappa shape index (κ3) is 3.68. The van der Waals surface area contributed by atoms with Crippen molar-refractivity contribution in [2.24, 2.45) is 0 Å². The first-order valence-electron chi connectivity index (χ1n) is 6.51. The molecule has 0 atom stereocenters. The molecule has 100 valence electrons. The average Bonchev–Trinajstić information content (AvgIpc) is 2.39. The van der Waals surface area contributed by atoms with Gasteiger partial charge in [0.25, 0.3) is 0 Å². The zero-order chi connectivity index (χ0) is 13.7. The Balaban J connectivity index is 2.28. The normalized spacial score (nSPS) is 10.5. The molecule has 0 aliphatic rings. The van der Waals surface area contributed by atoms with Gasteiger partial charge >= 0.3 is 0 Å². The number of pyridine rings is 2. The number of aromatic nitrogens is 2. The topological polar surface area (TPSA) is 47.0 Å². The highest BCUT2D eigenvalue weighted by molar-refractivity contribution is 5.64. The summed E-state index contributed by atoms with van der Waals surface area (Å²) in [7, 11) is 0. The van der Waals surface area contributed by atoms with Crippen molar-refractivity contribution in [1.82, 2.24) is 9.97 Å². The highest BCUT2D eigenvalue weighted by Gasteiger charge is 2.04. The Kier molecular flexibility index (Phi) is 4.34. The van der Waals surface area contributed by atoms with E-state index in [2.05, 4.69) is 22.2 Å². The second-order valence-corrected chi connectivity index (χ2v) is 4.54. The van der Waals surface area contributed by atoms with Crippen molar-refractivity contribution in [3.63, 3.8) is 0 Å².